The number of halogens is 1. The molecule has 2 rings (SSSR count). The van der Waals surface area contributed by atoms with Gasteiger partial charge < -0.3 is 14.5 Å². The minimum atomic E-state index is -0.664. The monoisotopic (exact) mass is 371 g/mol. The molecule has 1 aromatic carbocycles. The average Bonchev–Trinajstić information content (AvgIpc) is 2.93. The summed E-state index contributed by atoms with van der Waals surface area (Å²) >= 11 is 2.17. The fraction of sp³-hybridized carbons (Fsp3) is 0.0769. The van der Waals surface area contributed by atoms with Gasteiger partial charge >= 0.3 is 5.97 Å². The van der Waals surface area contributed by atoms with Crippen LogP contribution in [0.4, 0.5) is 5.69 Å². The van der Waals surface area contributed by atoms with Crippen molar-refractivity contribution in [1.82, 2.24) is 0 Å². The van der Waals surface area contributed by atoms with E-state index in [-0.39, 0.29) is 12.4 Å². The topological polar surface area (TPSA) is 68.5 Å². The zero-order valence-electron chi connectivity index (χ0n) is 9.76. The maximum Gasteiger partial charge on any atom is 0.374 e. The number of nitrogens with one attached hydrogen (secondary N) is 1. The molecular formula is C13H10INO4. The minimum absolute atomic E-state index is 0.0714. The van der Waals surface area contributed by atoms with Crippen LogP contribution < -0.4 is 5.32 Å². The van der Waals surface area contributed by atoms with Crippen LogP contribution in [0.25, 0.3) is 0 Å². The first-order chi connectivity index (χ1) is 9.15. The van der Waals surface area contributed by atoms with Crippen molar-refractivity contribution in [1.29, 1.82) is 0 Å². The fourth-order valence-electron chi connectivity index (χ4n) is 1.33. The molecule has 0 saturated carbocycles. The lowest BCUT2D eigenvalue weighted by atomic mass is 10.3. The fourth-order valence-corrected chi connectivity index (χ4v) is 1.69. The first-order valence-electron chi connectivity index (χ1n) is 5.41. The maximum atomic E-state index is 11.6. The molecule has 0 aliphatic carbocycles. The first kappa shape index (κ1) is 13.6. The van der Waals surface area contributed by atoms with E-state index in [1.54, 1.807) is 18.2 Å². The van der Waals surface area contributed by atoms with Crippen LogP contribution in [0, 0.1) is 3.57 Å². The average molecular weight is 371 g/mol. The SMILES string of the molecule is O=C(COC(=O)c1ccco1)Nc1ccc(I)cc1. The van der Waals surface area contributed by atoms with E-state index < -0.39 is 11.9 Å². The molecule has 0 atom stereocenters. The van der Waals surface area contributed by atoms with Crippen LogP contribution in [-0.4, -0.2) is 18.5 Å². The second kappa shape index (κ2) is 6.37. The van der Waals surface area contributed by atoms with E-state index in [0.29, 0.717) is 5.69 Å². The Kier molecular flexibility index (Phi) is 4.56. The summed E-state index contributed by atoms with van der Waals surface area (Å²) in [6, 6.07) is 10.3. The van der Waals surface area contributed by atoms with Crippen LogP contribution in [0.2, 0.25) is 0 Å². The first-order valence-corrected chi connectivity index (χ1v) is 6.49. The number of anilines is 1. The number of furan rings is 1. The maximum absolute atomic E-state index is 11.6. The van der Waals surface area contributed by atoms with Gasteiger partial charge in [-0.2, -0.15) is 0 Å². The second-order valence-corrected chi connectivity index (χ2v) is 4.85. The highest BCUT2D eigenvalue weighted by atomic mass is 127. The molecule has 1 aromatic heterocycles. The van der Waals surface area contributed by atoms with Gasteiger partial charge in [0, 0.05) is 9.26 Å². The molecule has 1 heterocycles. The predicted octanol–water partition coefficient (Wildman–Crippen LogP) is 2.68. The minimum Gasteiger partial charge on any atom is -0.457 e. The van der Waals surface area contributed by atoms with Crippen molar-refractivity contribution in [3.8, 4) is 0 Å². The summed E-state index contributed by atoms with van der Waals surface area (Å²) in [6.07, 6.45) is 1.36. The van der Waals surface area contributed by atoms with Crippen molar-refractivity contribution >= 4 is 40.2 Å². The molecule has 98 valence electrons. The molecule has 0 fully saturated rings. The molecule has 0 saturated heterocycles. The number of carbonyl (C=O) groups is 2. The Bertz CT molecular complexity index is 563. The summed E-state index contributed by atoms with van der Waals surface area (Å²) < 4.78 is 10.7. The number of hydrogen-bond donors (Lipinski definition) is 1. The highest BCUT2D eigenvalue weighted by Gasteiger charge is 2.12. The van der Waals surface area contributed by atoms with Crippen LogP contribution in [-0.2, 0) is 9.53 Å². The lowest BCUT2D eigenvalue weighted by Gasteiger charge is -2.05. The summed E-state index contributed by atoms with van der Waals surface area (Å²) in [5, 5.41) is 2.62. The van der Waals surface area contributed by atoms with Gasteiger partial charge in [-0.25, -0.2) is 4.79 Å². The summed E-state index contributed by atoms with van der Waals surface area (Å²) in [4.78, 5) is 23.0. The van der Waals surface area contributed by atoms with Crippen molar-refractivity contribution in [3.05, 3.63) is 52.0 Å². The Labute approximate surface area is 123 Å². The lowest BCUT2D eigenvalue weighted by molar-refractivity contribution is -0.119. The third-order valence-corrected chi connectivity index (χ3v) is 2.90. The van der Waals surface area contributed by atoms with Crippen LogP contribution in [0.3, 0.4) is 0 Å². The van der Waals surface area contributed by atoms with Gasteiger partial charge in [-0.15, -0.1) is 0 Å². The Morgan fingerprint density at radius 3 is 2.58 bits per heavy atom. The van der Waals surface area contributed by atoms with Crippen molar-refractivity contribution < 1.29 is 18.7 Å². The highest BCUT2D eigenvalue weighted by Crippen LogP contribution is 2.11. The summed E-state index contributed by atoms with van der Waals surface area (Å²) in [7, 11) is 0. The highest BCUT2D eigenvalue weighted by molar-refractivity contribution is 14.1. The molecule has 2 aromatic rings. The largest absolute Gasteiger partial charge is 0.457 e. The van der Waals surface area contributed by atoms with Crippen LogP contribution in [0.1, 0.15) is 10.6 Å². The Morgan fingerprint density at radius 1 is 1.21 bits per heavy atom. The normalized spacial score (nSPS) is 9.95. The zero-order chi connectivity index (χ0) is 13.7. The lowest BCUT2D eigenvalue weighted by Crippen LogP contribution is -2.20. The van der Waals surface area contributed by atoms with Crippen molar-refractivity contribution in [2.75, 3.05) is 11.9 Å². The van der Waals surface area contributed by atoms with Gasteiger partial charge in [0.15, 0.2) is 6.61 Å². The number of carbonyl (C=O) groups excluding carboxylic acids is 2. The quantitative estimate of drug-likeness (QED) is 0.663. The third kappa shape index (κ3) is 4.09. The molecule has 0 bridgehead atoms. The van der Waals surface area contributed by atoms with Crippen LogP contribution >= 0.6 is 22.6 Å². The van der Waals surface area contributed by atoms with E-state index in [9.17, 15) is 9.59 Å². The van der Waals surface area contributed by atoms with E-state index in [2.05, 4.69) is 27.9 Å². The molecule has 0 aliphatic rings. The number of hydrogen-bond acceptors (Lipinski definition) is 4. The third-order valence-electron chi connectivity index (χ3n) is 2.18. The van der Waals surface area contributed by atoms with Gasteiger partial charge in [-0.3, -0.25) is 4.79 Å². The molecule has 6 heteroatoms. The van der Waals surface area contributed by atoms with E-state index in [1.807, 2.05) is 12.1 Å². The van der Waals surface area contributed by atoms with E-state index >= 15 is 0 Å². The zero-order valence-corrected chi connectivity index (χ0v) is 11.9. The van der Waals surface area contributed by atoms with Gasteiger partial charge in [0.1, 0.15) is 0 Å². The number of benzene rings is 1. The van der Waals surface area contributed by atoms with Crippen molar-refractivity contribution in [2.24, 2.45) is 0 Å². The number of amides is 1. The number of ether oxygens (including phenoxy) is 1. The smallest absolute Gasteiger partial charge is 0.374 e. The summed E-state index contributed by atoms with van der Waals surface area (Å²) in [5.74, 6) is -0.995. The van der Waals surface area contributed by atoms with Crippen molar-refractivity contribution in [2.45, 2.75) is 0 Å². The van der Waals surface area contributed by atoms with Gasteiger partial charge in [-0.1, -0.05) is 0 Å². The number of rotatable bonds is 4. The molecule has 1 N–H and O–H groups in total. The van der Waals surface area contributed by atoms with E-state index in [4.69, 9.17) is 9.15 Å². The van der Waals surface area contributed by atoms with Gasteiger partial charge in [-0.05, 0) is 59.0 Å². The summed E-state index contributed by atoms with van der Waals surface area (Å²) in [6.45, 7) is -0.356. The Hall–Kier alpha value is -1.83. The van der Waals surface area contributed by atoms with Crippen molar-refractivity contribution in [3.63, 3.8) is 0 Å². The molecule has 19 heavy (non-hydrogen) atoms. The van der Waals surface area contributed by atoms with Gasteiger partial charge in [0.05, 0.1) is 6.26 Å². The molecule has 1 amide bonds. The molecule has 0 unspecified atom stereocenters. The Morgan fingerprint density at radius 2 is 1.95 bits per heavy atom. The van der Waals surface area contributed by atoms with E-state index in [0.717, 1.165) is 3.57 Å². The molecular weight excluding hydrogens is 361 g/mol. The Balaban J connectivity index is 1.82. The van der Waals surface area contributed by atoms with E-state index in [1.165, 1.54) is 12.3 Å². The number of esters is 1. The molecule has 0 aliphatic heterocycles. The van der Waals surface area contributed by atoms with Gasteiger partial charge in [0.2, 0.25) is 5.76 Å². The standard InChI is InChI=1S/C13H10INO4/c14-9-3-5-10(6-4-9)15-12(16)8-19-13(17)11-2-1-7-18-11/h1-7H,8H2,(H,15,16). The van der Waals surface area contributed by atoms with Crippen LogP contribution in [0.15, 0.2) is 47.1 Å². The van der Waals surface area contributed by atoms with Gasteiger partial charge in [0.25, 0.3) is 5.91 Å². The van der Waals surface area contributed by atoms with Crippen LogP contribution in [0.5, 0.6) is 0 Å². The second-order valence-electron chi connectivity index (χ2n) is 3.61. The summed E-state index contributed by atoms with van der Waals surface area (Å²) in [5.41, 5.74) is 0.652. The predicted molar refractivity (Wildman–Crippen MR) is 76.8 cm³/mol. The molecule has 5 nitrogen and oxygen atoms in total. The molecule has 0 spiro atoms. The molecule has 0 radical (unpaired) electrons.